The highest BCUT2D eigenvalue weighted by Gasteiger charge is 2.13. The summed E-state index contributed by atoms with van der Waals surface area (Å²) in [7, 11) is 1.65. The summed E-state index contributed by atoms with van der Waals surface area (Å²) >= 11 is 0. The van der Waals surface area contributed by atoms with Gasteiger partial charge >= 0.3 is 0 Å². The molecule has 2 aromatic rings. The summed E-state index contributed by atoms with van der Waals surface area (Å²) in [6.07, 6.45) is 2.63. The van der Waals surface area contributed by atoms with Gasteiger partial charge in [-0.3, -0.25) is 4.98 Å². The molecule has 4 nitrogen and oxygen atoms in total. The molecule has 2 rings (SSSR count). The van der Waals surface area contributed by atoms with Crippen molar-refractivity contribution in [3.63, 3.8) is 0 Å². The fraction of sp³-hybridized carbons (Fsp3) is 0.353. The minimum absolute atomic E-state index is 0.203. The van der Waals surface area contributed by atoms with Crippen LogP contribution in [0.5, 0.6) is 11.5 Å². The van der Waals surface area contributed by atoms with Crippen LogP contribution in [0, 0.1) is 0 Å². The van der Waals surface area contributed by atoms with Crippen molar-refractivity contribution < 1.29 is 9.47 Å². The van der Waals surface area contributed by atoms with Gasteiger partial charge in [-0.2, -0.15) is 0 Å². The summed E-state index contributed by atoms with van der Waals surface area (Å²) in [5.74, 6) is 1.73. The van der Waals surface area contributed by atoms with Crippen molar-refractivity contribution in [2.75, 3.05) is 20.3 Å². The molecule has 1 heterocycles. The topological polar surface area (TPSA) is 57.4 Å². The molecule has 1 unspecified atom stereocenters. The molecule has 0 saturated heterocycles. The van der Waals surface area contributed by atoms with Gasteiger partial charge in [-0.1, -0.05) is 12.1 Å². The van der Waals surface area contributed by atoms with Gasteiger partial charge in [-0.05, 0) is 43.2 Å². The molecular formula is C17H22N2O2. The van der Waals surface area contributed by atoms with E-state index in [-0.39, 0.29) is 5.92 Å². The van der Waals surface area contributed by atoms with Crippen LogP contribution in [-0.2, 0) is 6.42 Å². The predicted octanol–water partition coefficient (Wildman–Crippen LogP) is 2.77. The van der Waals surface area contributed by atoms with Gasteiger partial charge in [-0.25, -0.2) is 0 Å². The molecular weight excluding hydrogens is 264 g/mol. The maximum atomic E-state index is 5.91. The lowest BCUT2D eigenvalue weighted by Crippen LogP contribution is -2.16. The second kappa shape index (κ2) is 7.64. The first-order valence-corrected chi connectivity index (χ1v) is 7.19. The van der Waals surface area contributed by atoms with E-state index in [4.69, 9.17) is 15.2 Å². The number of ether oxygens (including phenoxy) is 2. The van der Waals surface area contributed by atoms with Crippen molar-refractivity contribution in [2.45, 2.75) is 19.3 Å². The van der Waals surface area contributed by atoms with Crippen molar-refractivity contribution in [3.8, 4) is 11.5 Å². The summed E-state index contributed by atoms with van der Waals surface area (Å²) in [5.41, 5.74) is 8.10. The Hall–Kier alpha value is -2.07. The summed E-state index contributed by atoms with van der Waals surface area (Å²) in [5, 5.41) is 0. The molecule has 4 heteroatoms. The van der Waals surface area contributed by atoms with Gasteiger partial charge < -0.3 is 15.2 Å². The standard InChI is InChI=1S/C17H22N2O2/c1-3-21-17-11-13(7-8-16(17)20-2)10-14(12-18)15-6-4-5-9-19-15/h4-9,11,14H,3,10,12,18H2,1-2H3. The lowest BCUT2D eigenvalue weighted by atomic mass is 9.95. The summed E-state index contributed by atoms with van der Waals surface area (Å²) in [4.78, 5) is 4.40. The normalized spacial score (nSPS) is 12.0. The van der Waals surface area contributed by atoms with E-state index in [1.165, 1.54) is 5.56 Å². The molecule has 2 N–H and O–H groups in total. The van der Waals surface area contributed by atoms with E-state index in [2.05, 4.69) is 4.98 Å². The van der Waals surface area contributed by atoms with Crippen LogP contribution in [0.25, 0.3) is 0 Å². The van der Waals surface area contributed by atoms with Crippen LogP contribution in [0.3, 0.4) is 0 Å². The molecule has 0 saturated carbocycles. The fourth-order valence-corrected chi connectivity index (χ4v) is 2.33. The van der Waals surface area contributed by atoms with Crippen LogP contribution < -0.4 is 15.2 Å². The summed E-state index contributed by atoms with van der Waals surface area (Å²) < 4.78 is 10.9. The Bertz CT molecular complexity index is 558. The van der Waals surface area contributed by atoms with Gasteiger partial charge in [0.15, 0.2) is 11.5 Å². The van der Waals surface area contributed by atoms with Crippen molar-refractivity contribution in [1.82, 2.24) is 4.98 Å². The van der Waals surface area contributed by atoms with Crippen molar-refractivity contribution in [2.24, 2.45) is 5.73 Å². The Labute approximate surface area is 125 Å². The van der Waals surface area contributed by atoms with E-state index < -0.39 is 0 Å². The third-order valence-corrected chi connectivity index (χ3v) is 3.40. The number of hydrogen-bond donors (Lipinski definition) is 1. The van der Waals surface area contributed by atoms with Crippen molar-refractivity contribution in [1.29, 1.82) is 0 Å². The highest BCUT2D eigenvalue weighted by atomic mass is 16.5. The van der Waals surface area contributed by atoms with Gasteiger partial charge in [0.25, 0.3) is 0 Å². The quantitative estimate of drug-likeness (QED) is 0.850. The zero-order valence-corrected chi connectivity index (χ0v) is 12.6. The van der Waals surface area contributed by atoms with E-state index in [1.807, 2.05) is 43.3 Å². The second-order valence-corrected chi connectivity index (χ2v) is 4.81. The van der Waals surface area contributed by atoms with E-state index >= 15 is 0 Å². The smallest absolute Gasteiger partial charge is 0.161 e. The third kappa shape index (κ3) is 3.95. The van der Waals surface area contributed by atoms with Crippen LogP contribution in [0.15, 0.2) is 42.6 Å². The van der Waals surface area contributed by atoms with E-state index in [0.29, 0.717) is 13.2 Å². The molecule has 0 aliphatic heterocycles. The first-order chi connectivity index (χ1) is 10.3. The Morgan fingerprint density at radius 3 is 2.67 bits per heavy atom. The van der Waals surface area contributed by atoms with E-state index in [9.17, 15) is 0 Å². The largest absolute Gasteiger partial charge is 0.493 e. The Balaban J connectivity index is 2.19. The van der Waals surface area contributed by atoms with Gasteiger partial charge in [0.05, 0.1) is 13.7 Å². The zero-order valence-electron chi connectivity index (χ0n) is 12.6. The molecule has 1 aromatic heterocycles. The molecule has 0 fully saturated rings. The SMILES string of the molecule is CCOc1cc(CC(CN)c2ccccn2)ccc1OC. The highest BCUT2D eigenvalue weighted by Crippen LogP contribution is 2.30. The summed E-state index contributed by atoms with van der Waals surface area (Å²) in [6, 6.07) is 11.9. The highest BCUT2D eigenvalue weighted by molar-refractivity contribution is 5.43. The Kier molecular flexibility index (Phi) is 5.58. The molecule has 1 aromatic carbocycles. The lowest BCUT2D eigenvalue weighted by molar-refractivity contribution is 0.310. The number of hydrogen-bond acceptors (Lipinski definition) is 4. The van der Waals surface area contributed by atoms with Crippen LogP contribution >= 0.6 is 0 Å². The maximum absolute atomic E-state index is 5.91. The average molecular weight is 286 g/mol. The predicted molar refractivity (Wildman–Crippen MR) is 83.9 cm³/mol. The summed E-state index contributed by atoms with van der Waals surface area (Å²) in [6.45, 7) is 3.13. The van der Waals surface area contributed by atoms with Gasteiger partial charge in [0, 0.05) is 24.4 Å². The number of rotatable bonds is 7. The molecule has 0 aliphatic rings. The number of nitrogens with two attached hydrogens (primary N) is 1. The average Bonchev–Trinajstić information content (AvgIpc) is 2.54. The van der Waals surface area contributed by atoms with E-state index in [1.54, 1.807) is 13.3 Å². The molecule has 1 atom stereocenters. The van der Waals surface area contributed by atoms with Crippen molar-refractivity contribution >= 4 is 0 Å². The molecule has 0 amide bonds. The minimum atomic E-state index is 0.203. The van der Waals surface area contributed by atoms with Crippen LogP contribution in [0.4, 0.5) is 0 Å². The monoisotopic (exact) mass is 286 g/mol. The van der Waals surface area contributed by atoms with Gasteiger partial charge in [-0.15, -0.1) is 0 Å². The fourth-order valence-electron chi connectivity index (χ4n) is 2.33. The zero-order chi connectivity index (χ0) is 15.1. The molecule has 0 bridgehead atoms. The third-order valence-electron chi connectivity index (χ3n) is 3.40. The first-order valence-electron chi connectivity index (χ1n) is 7.19. The van der Waals surface area contributed by atoms with Crippen LogP contribution in [0.2, 0.25) is 0 Å². The van der Waals surface area contributed by atoms with Gasteiger partial charge in [0.2, 0.25) is 0 Å². The van der Waals surface area contributed by atoms with Crippen LogP contribution in [0.1, 0.15) is 24.1 Å². The molecule has 21 heavy (non-hydrogen) atoms. The van der Waals surface area contributed by atoms with Gasteiger partial charge in [0.1, 0.15) is 0 Å². The molecule has 0 radical (unpaired) electrons. The Morgan fingerprint density at radius 1 is 1.19 bits per heavy atom. The minimum Gasteiger partial charge on any atom is -0.493 e. The molecule has 0 spiro atoms. The van der Waals surface area contributed by atoms with E-state index in [0.717, 1.165) is 23.6 Å². The number of pyridine rings is 1. The number of aromatic nitrogens is 1. The second-order valence-electron chi connectivity index (χ2n) is 4.81. The first kappa shape index (κ1) is 15.3. The maximum Gasteiger partial charge on any atom is 0.161 e. The number of methoxy groups -OCH3 is 1. The number of nitrogens with zero attached hydrogens (tertiary/aromatic N) is 1. The molecule has 0 aliphatic carbocycles. The lowest BCUT2D eigenvalue weighted by Gasteiger charge is -2.16. The van der Waals surface area contributed by atoms with Crippen LogP contribution in [-0.4, -0.2) is 25.2 Å². The number of benzene rings is 1. The Morgan fingerprint density at radius 2 is 2.05 bits per heavy atom. The van der Waals surface area contributed by atoms with Crippen molar-refractivity contribution in [3.05, 3.63) is 53.9 Å². The molecule has 112 valence electrons.